The summed E-state index contributed by atoms with van der Waals surface area (Å²) in [5, 5.41) is 6.97. The second kappa shape index (κ2) is 11.4. The number of nitrogens with zero attached hydrogens (tertiary/aromatic N) is 5. The molecule has 0 spiro atoms. The molecule has 1 N–H and O–H groups in total. The second-order valence-electron chi connectivity index (χ2n) is 11.7. The van der Waals surface area contributed by atoms with Crippen molar-refractivity contribution >= 4 is 23.3 Å². The molecule has 10 heteroatoms. The van der Waals surface area contributed by atoms with Crippen LogP contribution in [0.1, 0.15) is 66.3 Å². The standard InChI is InChI=1S/C32H38F2N6O2/c1-20(41)38-10-6-21(7-11-38)24-13-22-8-12-39(32(42)35-2)19-28(22)30(15-24)40-9-4-5-23-14-26(25-17-36-37(3)18-25)27(31(33)34)16-29(23)40/h13-18,21,31H,4-12,19H2,1-3H3,(H,35,42). The van der Waals surface area contributed by atoms with Gasteiger partial charge in [-0.2, -0.15) is 5.10 Å². The first-order valence-corrected chi connectivity index (χ1v) is 14.8. The number of likely N-dealkylation sites (tertiary alicyclic amines) is 1. The molecule has 6 rings (SSSR count). The van der Waals surface area contributed by atoms with Crippen LogP contribution in [0, 0.1) is 0 Å². The number of urea groups is 1. The van der Waals surface area contributed by atoms with Crippen LogP contribution in [0.25, 0.3) is 11.1 Å². The highest BCUT2D eigenvalue weighted by molar-refractivity contribution is 5.80. The van der Waals surface area contributed by atoms with E-state index in [-0.39, 0.29) is 17.5 Å². The van der Waals surface area contributed by atoms with Crippen LogP contribution in [0.4, 0.5) is 25.0 Å². The third-order valence-corrected chi connectivity index (χ3v) is 9.17. The van der Waals surface area contributed by atoms with Gasteiger partial charge < -0.3 is 20.0 Å². The van der Waals surface area contributed by atoms with Crippen LogP contribution >= 0.6 is 0 Å². The van der Waals surface area contributed by atoms with E-state index >= 15 is 0 Å². The van der Waals surface area contributed by atoms with Crippen molar-refractivity contribution < 1.29 is 18.4 Å². The number of carbonyl (C=O) groups excluding carboxylic acids is 2. The van der Waals surface area contributed by atoms with Gasteiger partial charge >= 0.3 is 6.03 Å². The number of fused-ring (bicyclic) bond motifs is 2. The van der Waals surface area contributed by atoms with E-state index in [0.717, 1.165) is 67.7 Å². The molecule has 222 valence electrons. The van der Waals surface area contributed by atoms with Gasteiger partial charge in [0.2, 0.25) is 5.91 Å². The fourth-order valence-corrected chi connectivity index (χ4v) is 6.90. The first kappa shape index (κ1) is 28.2. The number of halogens is 2. The molecular formula is C32H38F2N6O2. The van der Waals surface area contributed by atoms with Crippen molar-refractivity contribution in [2.75, 3.05) is 38.1 Å². The summed E-state index contributed by atoms with van der Waals surface area (Å²) < 4.78 is 30.7. The maximum atomic E-state index is 14.5. The summed E-state index contributed by atoms with van der Waals surface area (Å²) in [6.45, 7) is 4.89. The van der Waals surface area contributed by atoms with Gasteiger partial charge in [0.15, 0.2) is 0 Å². The van der Waals surface area contributed by atoms with Crippen LogP contribution in [-0.2, 0) is 31.2 Å². The predicted octanol–water partition coefficient (Wildman–Crippen LogP) is 5.53. The normalized spacial score (nSPS) is 17.3. The smallest absolute Gasteiger partial charge is 0.317 e. The molecule has 2 aromatic carbocycles. The summed E-state index contributed by atoms with van der Waals surface area (Å²) in [6, 6.07) is 7.99. The van der Waals surface area contributed by atoms with Gasteiger partial charge in [0.25, 0.3) is 6.43 Å². The number of anilines is 2. The number of amides is 3. The average molecular weight is 577 g/mol. The number of hydrogen-bond acceptors (Lipinski definition) is 4. The Balaban J connectivity index is 1.45. The quantitative estimate of drug-likeness (QED) is 0.443. The van der Waals surface area contributed by atoms with E-state index in [1.807, 2.05) is 15.9 Å². The first-order chi connectivity index (χ1) is 20.2. The topological polar surface area (TPSA) is 73.7 Å². The van der Waals surface area contributed by atoms with Crippen LogP contribution in [0.3, 0.4) is 0 Å². The monoisotopic (exact) mass is 576 g/mol. The fraction of sp³-hybridized carbons (Fsp3) is 0.469. The maximum Gasteiger partial charge on any atom is 0.317 e. The first-order valence-electron chi connectivity index (χ1n) is 14.8. The molecule has 0 radical (unpaired) electrons. The van der Waals surface area contributed by atoms with Gasteiger partial charge in [-0.1, -0.05) is 6.07 Å². The summed E-state index contributed by atoms with van der Waals surface area (Å²) in [5.41, 5.74) is 7.59. The molecule has 3 amide bonds. The number of hydrogen-bond donors (Lipinski definition) is 1. The van der Waals surface area contributed by atoms with Crippen LogP contribution in [0.2, 0.25) is 0 Å². The third kappa shape index (κ3) is 5.23. The van der Waals surface area contributed by atoms with E-state index in [1.165, 1.54) is 11.1 Å². The van der Waals surface area contributed by atoms with Gasteiger partial charge in [-0.25, -0.2) is 13.6 Å². The van der Waals surface area contributed by atoms with Crippen molar-refractivity contribution in [3.63, 3.8) is 0 Å². The van der Waals surface area contributed by atoms with Gasteiger partial charge in [-0.3, -0.25) is 9.48 Å². The molecule has 3 aromatic rings. The highest BCUT2D eigenvalue weighted by Gasteiger charge is 2.31. The molecule has 1 saturated heterocycles. The molecule has 3 aliphatic heterocycles. The van der Waals surface area contributed by atoms with Crippen LogP contribution in [-0.4, -0.2) is 64.7 Å². The Labute approximate surface area is 245 Å². The molecule has 42 heavy (non-hydrogen) atoms. The van der Waals surface area contributed by atoms with Crippen molar-refractivity contribution in [3.05, 3.63) is 64.5 Å². The van der Waals surface area contributed by atoms with Gasteiger partial charge in [-0.15, -0.1) is 0 Å². The van der Waals surface area contributed by atoms with E-state index in [0.29, 0.717) is 36.7 Å². The van der Waals surface area contributed by atoms with E-state index in [2.05, 4.69) is 27.4 Å². The average Bonchev–Trinajstić information content (AvgIpc) is 3.44. The van der Waals surface area contributed by atoms with Crippen molar-refractivity contribution in [1.82, 2.24) is 24.9 Å². The van der Waals surface area contributed by atoms with Crippen molar-refractivity contribution in [1.29, 1.82) is 0 Å². The zero-order valence-electron chi connectivity index (χ0n) is 24.5. The van der Waals surface area contributed by atoms with E-state index in [4.69, 9.17) is 0 Å². The molecule has 0 saturated carbocycles. The van der Waals surface area contributed by atoms with Crippen LogP contribution in [0.15, 0.2) is 36.7 Å². The van der Waals surface area contributed by atoms with E-state index < -0.39 is 6.43 Å². The highest BCUT2D eigenvalue weighted by Crippen LogP contribution is 2.44. The summed E-state index contributed by atoms with van der Waals surface area (Å²) in [4.78, 5) is 30.5. The van der Waals surface area contributed by atoms with Gasteiger partial charge in [-0.05, 0) is 84.0 Å². The Morgan fingerprint density at radius 2 is 1.76 bits per heavy atom. The molecule has 0 aliphatic carbocycles. The van der Waals surface area contributed by atoms with Crippen molar-refractivity contribution in [2.24, 2.45) is 7.05 Å². The van der Waals surface area contributed by atoms with Gasteiger partial charge in [0.05, 0.1) is 6.20 Å². The number of rotatable bonds is 4. The van der Waals surface area contributed by atoms with Gasteiger partial charge in [0, 0.05) is 82.4 Å². The summed E-state index contributed by atoms with van der Waals surface area (Å²) in [6.07, 6.45) is 4.99. The summed E-state index contributed by atoms with van der Waals surface area (Å²) in [5.74, 6) is 0.426. The fourth-order valence-electron chi connectivity index (χ4n) is 6.90. The lowest BCUT2D eigenvalue weighted by Crippen LogP contribution is -2.42. The second-order valence-corrected chi connectivity index (χ2v) is 11.7. The Morgan fingerprint density at radius 3 is 2.43 bits per heavy atom. The minimum Gasteiger partial charge on any atom is -0.343 e. The molecule has 3 aliphatic rings. The minimum atomic E-state index is -2.63. The Hall–Kier alpha value is -3.95. The van der Waals surface area contributed by atoms with Crippen LogP contribution < -0.4 is 10.2 Å². The lowest BCUT2D eigenvalue weighted by Gasteiger charge is -2.39. The largest absolute Gasteiger partial charge is 0.343 e. The minimum absolute atomic E-state index is 0.00210. The van der Waals surface area contributed by atoms with Gasteiger partial charge in [0.1, 0.15) is 0 Å². The lowest BCUT2D eigenvalue weighted by atomic mass is 9.84. The molecule has 1 aromatic heterocycles. The maximum absolute atomic E-state index is 14.5. The predicted molar refractivity (Wildman–Crippen MR) is 158 cm³/mol. The highest BCUT2D eigenvalue weighted by atomic mass is 19.3. The van der Waals surface area contributed by atoms with E-state index in [9.17, 15) is 18.4 Å². The number of piperidine rings is 1. The lowest BCUT2D eigenvalue weighted by molar-refractivity contribution is -0.129. The summed E-state index contributed by atoms with van der Waals surface area (Å²) in [7, 11) is 3.43. The SMILES string of the molecule is CNC(=O)N1CCc2cc(C3CCN(C(C)=O)CC3)cc(N3CCCc4cc(-c5cnn(C)c5)c(C(F)F)cc43)c2C1. The number of aryl methyl sites for hydroxylation is 2. The number of nitrogens with one attached hydrogen (secondary N) is 1. The van der Waals surface area contributed by atoms with Crippen LogP contribution in [0.5, 0.6) is 0 Å². The molecule has 4 heterocycles. The molecule has 8 nitrogen and oxygen atoms in total. The number of alkyl halides is 2. The Kier molecular flexibility index (Phi) is 7.64. The Bertz CT molecular complexity index is 1510. The Morgan fingerprint density at radius 1 is 0.976 bits per heavy atom. The molecule has 0 unspecified atom stereocenters. The zero-order valence-corrected chi connectivity index (χ0v) is 24.5. The van der Waals surface area contributed by atoms with Crippen molar-refractivity contribution in [3.8, 4) is 11.1 Å². The van der Waals surface area contributed by atoms with Crippen molar-refractivity contribution in [2.45, 2.75) is 57.9 Å². The summed E-state index contributed by atoms with van der Waals surface area (Å²) >= 11 is 0. The van der Waals surface area contributed by atoms with E-state index in [1.54, 1.807) is 44.2 Å². The molecule has 0 atom stereocenters. The number of carbonyl (C=O) groups is 2. The third-order valence-electron chi connectivity index (χ3n) is 9.17. The molecule has 1 fully saturated rings. The zero-order chi connectivity index (χ0) is 29.5. The number of benzene rings is 2. The molecular weight excluding hydrogens is 538 g/mol. The number of aromatic nitrogens is 2. The molecule has 0 bridgehead atoms.